The van der Waals surface area contributed by atoms with E-state index >= 15 is 0 Å². The smallest absolute Gasteiger partial charge is 0.335 e. The van der Waals surface area contributed by atoms with Gasteiger partial charge in [0, 0.05) is 18.0 Å². The van der Waals surface area contributed by atoms with Gasteiger partial charge < -0.3 is 20.3 Å². The van der Waals surface area contributed by atoms with E-state index in [1.165, 1.54) is 32.1 Å². The Balaban J connectivity index is 1.51. The number of hydrogen-bond donors (Lipinski definition) is 3. The second-order valence-corrected chi connectivity index (χ2v) is 10.3. The number of aromatic carboxylic acids is 1. The first-order chi connectivity index (χ1) is 18.5. The summed E-state index contributed by atoms with van der Waals surface area (Å²) in [5.74, 6) is -0.611. The fourth-order valence-corrected chi connectivity index (χ4v) is 5.05. The van der Waals surface area contributed by atoms with Crippen molar-refractivity contribution in [1.82, 2.24) is 5.32 Å². The van der Waals surface area contributed by atoms with Crippen molar-refractivity contribution in [2.45, 2.75) is 83.1 Å². The number of allylic oxidation sites excluding steroid dienone is 1. The molecule has 0 aliphatic heterocycles. The number of nitrogens with one attached hydrogen (secondary N) is 1. The Labute approximate surface area is 227 Å². The van der Waals surface area contributed by atoms with Crippen LogP contribution in [0.1, 0.15) is 92.1 Å². The zero-order valence-corrected chi connectivity index (χ0v) is 22.4. The Morgan fingerprint density at radius 3 is 2.45 bits per heavy atom. The lowest BCUT2D eigenvalue weighted by Crippen LogP contribution is -2.26. The first-order valence-electron chi connectivity index (χ1n) is 14.2. The predicted octanol–water partition coefficient (Wildman–Crippen LogP) is 6.98. The molecule has 0 saturated heterocycles. The van der Waals surface area contributed by atoms with Crippen LogP contribution in [0.2, 0.25) is 0 Å². The number of hydrogen-bond acceptors (Lipinski definition) is 4. The van der Waals surface area contributed by atoms with E-state index in [1.807, 2.05) is 30.3 Å². The van der Waals surface area contributed by atoms with Gasteiger partial charge in [-0.2, -0.15) is 0 Å². The van der Waals surface area contributed by atoms with Gasteiger partial charge in [0.15, 0.2) is 0 Å². The summed E-state index contributed by atoms with van der Waals surface area (Å²) < 4.78 is 6.14. The fourth-order valence-electron chi connectivity index (χ4n) is 5.05. The number of carboxylic acids is 2. The number of carbonyl (C=O) groups is 2. The molecular formula is C32H43NO5. The van der Waals surface area contributed by atoms with E-state index in [9.17, 15) is 9.59 Å². The third-order valence-corrected chi connectivity index (χ3v) is 7.25. The quantitative estimate of drug-likeness (QED) is 0.183. The van der Waals surface area contributed by atoms with Crippen LogP contribution in [-0.2, 0) is 11.2 Å². The van der Waals surface area contributed by atoms with Crippen LogP contribution in [0, 0.1) is 5.92 Å². The van der Waals surface area contributed by atoms with E-state index in [-0.39, 0.29) is 17.9 Å². The van der Waals surface area contributed by atoms with Crippen LogP contribution < -0.4 is 10.1 Å². The maximum absolute atomic E-state index is 11.2. The molecule has 0 amide bonds. The SMILES string of the molecule is O=C(O)CCCCC(C=Cc1ccccc1OCCCCCNC1CCCC1)Cc1ccc(C(=O)O)cc1. The minimum atomic E-state index is -0.931. The highest BCUT2D eigenvalue weighted by Gasteiger charge is 2.13. The molecule has 0 aromatic heterocycles. The minimum Gasteiger partial charge on any atom is -0.493 e. The molecule has 2 aromatic rings. The van der Waals surface area contributed by atoms with E-state index in [2.05, 4.69) is 23.5 Å². The average molecular weight is 522 g/mol. The van der Waals surface area contributed by atoms with Gasteiger partial charge in [-0.1, -0.05) is 61.7 Å². The van der Waals surface area contributed by atoms with Gasteiger partial charge in [-0.25, -0.2) is 4.79 Å². The highest BCUT2D eigenvalue weighted by atomic mass is 16.5. The summed E-state index contributed by atoms with van der Waals surface area (Å²) in [7, 11) is 0. The molecule has 6 nitrogen and oxygen atoms in total. The van der Waals surface area contributed by atoms with Gasteiger partial charge in [0.25, 0.3) is 0 Å². The highest BCUT2D eigenvalue weighted by Crippen LogP contribution is 2.24. The fraction of sp³-hybridized carbons (Fsp3) is 0.500. The Kier molecular flexibility index (Phi) is 12.9. The van der Waals surface area contributed by atoms with E-state index < -0.39 is 11.9 Å². The second-order valence-electron chi connectivity index (χ2n) is 10.3. The van der Waals surface area contributed by atoms with E-state index in [4.69, 9.17) is 14.9 Å². The van der Waals surface area contributed by atoms with Crippen LogP contribution in [-0.4, -0.2) is 41.3 Å². The zero-order valence-electron chi connectivity index (χ0n) is 22.4. The first kappa shape index (κ1) is 29.4. The molecule has 3 N–H and O–H groups in total. The highest BCUT2D eigenvalue weighted by molar-refractivity contribution is 5.87. The molecule has 206 valence electrons. The molecule has 38 heavy (non-hydrogen) atoms. The van der Waals surface area contributed by atoms with Crippen molar-refractivity contribution in [3.05, 3.63) is 71.3 Å². The number of aliphatic carboxylic acids is 1. The molecule has 1 atom stereocenters. The lowest BCUT2D eigenvalue weighted by atomic mass is 9.92. The van der Waals surface area contributed by atoms with Gasteiger partial charge in [-0.3, -0.25) is 4.79 Å². The lowest BCUT2D eigenvalue weighted by Gasteiger charge is -2.14. The van der Waals surface area contributed by atoms with Gasteiger partial charge in [-0.15, -0.1) is 0 Å². The minimum absolute atomic E-state index is 0.178. The van der Waals surface area contributed by atoms with Crippen molar-refractivity contribution in [2.75, 3.05) is 13.2 Å². The summed E-state index contributed by atoms with van der Waals surface area (Å²) in [5.41, 5.74) is 2.38. The molecule has 6 heteroatoms. The van der Waals surface area contributed by atoms with Crippen molar-refractivity contribution in [2.24, 2.45) is 5.92 Å². The van der Waals surface area contributed by atoms with Crippen LogP contribution >= 0.6 is 0 Å². The number of unbranched alkanes of at least 4 members (excludes halogenated alkanes) is 3. The van der Waals surface area contributed by atoms with Crippen LogP contribution in [0.25, 0.3) is 6.08 Å². The number of rotatable bonds is 18. The Morgan fingerprint density at radius 2 is 1.71 bits per heavy atom. The Hall–Kier alpha value is -3.12. The van der Waals surface area contributed by atoms with Crippen molar-refractivity contribution in [3.8, 4) is 5.75 Å². The Bertz CT molecular complexity index is 1010. The Morgan fingerprint density at radius 1 is 0.947 bits per heavy atom. The number of ether oxygens (including phenoxy) is 1. The first-order valence-corrected chi connectivity index (χ1v) is 14.2. The number of benzene rings is 2. The van der Waals surface area contributed by atoms with Crippen molar-refractivity contribution >= 4 is 18.0 Å². The second kappa shape index (κ2) is 16.7. The zero-order chi connectivity index (χ0) is 27.0. The molecule has 1 unspecified atom stereocenters. The molecule has 0 spiro atoms. The summed E-state index contributed by atoms with van der Waals surface area (Å²) in [6.07, 6.45) is 16.3. The third-order valence-electron chi connectivity index (χ3n) is 7.25. The topological polar surface area (TPSA) is 95.9 Å². The lowest BCUT2D eigenvalue weighted by molar-refractivity contribution is -0.137. The summed E-state index contributed by atoms with van der Waals surface area (Å²) in [4.78, 5) is 22.1. The molecule has 2 aromatic carbocycles. The summed E-state index contributed by atoms with van der Waals surface area (Å²) in [6, 6.07) is 15.8. The molecule has 0 heterocycles. The number of para-hydroxylation sites is 1. The van der Waals surface area contributed by atoms with Crippen LogP contribution in [0.5, 0.6) is 5.75 Å². The monoisotopic (exact) mass is 521 g/mol. The number of carboxylic acid groups (broad SMARTS) is 2. The summed E-state index contributed by atoms with van der Waals surface area (Å²) >= 11 is 0. The molecule has 0 radical (unpaired) electrons. The van der Waals surface area contributed by atoms with Gasteiger partial charge in [0.1, 0.15) is 5.75 Å². The van der Waals surface area contributed by atoms with E-state index in [1.54, 1.807) is 12.1 Å². The molecule has 1 fully saturated rings. The maximum Gasteiger partial charge on any atom is 0.335 e. The van der Waals surface area contributed by atoms with Crippen molar-refractivity contribution in [1.29, 1.82) is 0 Å². The van der Waals surface area contributed by atoms with Crippen LogP contribution in [0.3, 0.4) is 0 Å². The standard InChI is InChI=1S/C32H43NO5/c34-31(35)15-7-2-10-25(24-26-17-20-28(21-18-26)32(36)37)16-19-27-11-3-6-14-30(27)38-23-9-1-8-22-33-29-12-4-5-13-29/h3,6,11,14,16-21,25,29,33H,1-2,4-5,7-10,12-13,15,22-24H2,(H,34,35)(H,36,37). The molecule has 1 aliphatic rings. The van der Waals surface area contributed by atoms with Crippen molar-refractivity contribution in [3.63, 3.8) is 0 Å². The molecule has 1 aliphatic carbocycles. The summed E-state index contributed by atoms with van der Waals surface area (Å²) in [5, 5.41) is 21.8. The van der Waals surface area contributed by atoms with Crippen LogP contribution in [0.4, 0.5) is 0 Å². The van der Waals surface area contributed by atoms with E-state index in [0.29, 0.717) is 13.0 Å². The van der Waals surface area contributed by atoms with Gasteiger partial charge in [0.2, 0.25) is 0 Å². The maximum atomic E-state index is 11.2. The van der Waals surface area contributed by atoms with E-state index in [0.717, 1.165) is 61.6 Å². The largest absolute Gasteiger partial charge is 0.493 e. The van der Waals surface area contributed by atoms with Crippen molar-refractivity contribution < 1.29 is 24.5 Å². The third kappa shape index (κ3) is 11.1. The molecule has 3 rings (SSSR count). The molecule has 1 saturated carbocycles. The predicted molar refractivity (Wildman–Crippen MR) is 152 cm³/mol. The summed E-state index contributed by atoms with van der Waals surface area (Å²) in [6.45, 7) is 1.79. The van der Waals surface area contributed by atoms with Gasteiger partial charge in [0.05, 0.1) is 12.2 Å². The molecule has 0 bridgehead atoms. The average Bonchev–Trinajstić information content (AvgIpc) is 3.43. The molecular weight excluding hydrogens is 478 g/mol. The normalized spacial score (nSPS) is 14.6. The van der Waals surface area contributed by atoms with Gasteiger partial charge in [-0.05, 0) is 87.6 Å². The van der Waals surface area contributed by atoms with Gasteiger partial charge >= 0.3 is 11.9 Å². The van der Waals surface area contributed by atoms with Crippen LogP contribution in [0.15, 0.2) is 54.6 Å².